The van der Waals surface area contributed by atoms with Gasteiger partial charge in [-0.05, 0) is 35.7 Å². The lowest BCUT2D eigenvalue weighted by atomic mass is 10.1. The summed E-state index contributed by atoms with van der Waals surface area (Å²) in [6, 6.07) is 9.24. The van der Waals surface area contributed by atoms with Crippen LogP contribution in [0.1, 0.15) is 10.4 Å². The molecule has 0 aliphatic rings. The van der Waals surface area contributed by atoms with Gasteiger partial charge in [-0.15, -0.1) is 11.8 Å². The SMILES string of the molecule is COc1ccc(C(=O)CSc2ccsc2)cc1. The van der Waals surface area contributed by atoms with E-state index in [0.29, 0.717) is 5.75 Å². The van der Waals surface area contributed by atoms with Crippen molar-refractivity contribution in [1.82, 2.24) is 0 Å². The third-order valence-corrected chi connectivity index (χ3v) is 4.10. The van der Waals surface area contributed by atoms with E-state index >= 15 is 0 Å². The second-order valence-corrected chi connectivity index (χ2v) is 5.23. The zero-order valence-corrected chi connectivity index (χ0v) is 11.0. The Bertz CT molecular complexity index is 475. The minimum Gasteiger partial charge on any atom is -0.497 e. The van der Waals surface area contributed by atoms with E-state index < -0.39 is 0 Å². The minimum atomic E-state index is 0.142. The average Bonchev–Trinajstić information content (AvgIpc) is 2.89. The number of methoxy groups -OCH3 is 1. The molecule has 88 valence electrons. The molecule has 0 radical (unpaired) electrons. The molecule has 0 bridgehead atoms. The lowest BCUT2D eigenvalue weighted by molar-refractivity contribution is 0.102. The predicted octanol–water partition coefficient (Wildman–Crippen LogP) is 3.73. The molecular weight excluding hydrogens is 252 g/mol. The lowest BCUT2D eigenvalue weighted by Crippen LogP contribution is -2.01. The van der Waals surface area contributed by atoms with Gasteiger partial charge in [-0.1, -0.05) is 0 Å². The second-order valence-electron chi connectivity index (χ2n) is 3.40. The molecule has 0 saturated heterocycles. The highest BCUT2D eigenvalue weighted by molar-refractivity contribution is 8.00. The van der Waals surface area contributed by atoms with Gasteiger partial charge in [0, 0.05) is 15.8 Å². The summed E-state index contributed by atoms with van der Waals surface area (Å²) in [5.41, 5.74) is 0.730. The number of ketones is 1. The zero-order valence-electron chi connectivity index (χ0n) is 9.38. The number of hydrogen-bond acceptors (Lipinski definition) is 4. The Morgan fingerprint density at radius 3 is 2.65 bits per heavy atom. The van der Waals surface area contributed by atoms with Crippen LogP contribution in [0.2, 0.25) is 0 Å². The maximum absolute atomic E-state index is 11.9. The second kappa shape index (κ2) is 5.89. The normalized spacial score (nSPS) is 10.2. The molecule has 0 saturated carbocycles. The Balaban J connectivity index is 1.95. The quantitative estimate of drug-likeness (QED) is 0.608. The van der Waals surface area contributed by atoms with Crippen molar-refractivity contribution in [3.05, 3.63) is 46.7 Å². The summed E-state index contributed by atoms with van der Waals surface area (Å²) in [5.74, 6) is 1.39. The van der Waals surface area contributed by atoms with Crippen molar-refractivity contribution in [1.29, 1.82) is 0 Å². The van der Waals surface area contributed by atoms with Gasteiger partial charge in [-0.25, -0.2) is 0 Å². The molecule has 0 aliphatic carbocycles. The van der Waals surface area contributed by atoms with E-state index in [1.54, 1.807) is 42.3 Å². The van der Waals surface area contributed by atoms with Crippen LogP contribution in [-0.2, 0) is 0 Å². The van der Waals surface area contributed by atoms with Gasteiger partial charge >= 0.3 is 0 Å². The summed E-state index contributed by atoms with van der Waals surface area (Å²) in [6.07, 6.45) is 0. The highest BCUT2D eigenvalue weighted by Crippen LogP contribution is 2.22. The number of ether oxygens (including phenoxy) is 1. The van der Waals surface area contributed by atoms with Crippen molar-refractivity contribution in [2.45, 2.75) is 4.90 Å². The maximum atomic E-state index is 11.9. The fourth-order valence-electron chi connectivity index (χ4n) is 1.34. The number of carbonyl (C=O) groups excluding carboxylic acids is 1. The van der Waals surface area contributed by atoms with Gasteiger partial charge in [0.15, 0.2) is 5.78 Å². The molecule has 1 aromatic heterocycles. The van der Waals surface area contributed by atoms with Gasteiger partial charge in [-0.2, -0.15) is 11.3 Å². The van der Waals surface area contributed by atoms with Crippen molar-refractivity contribution in [2.24, 2.45) is 0 Å². The van der Waals surface area contributed by atoms with Crippen LogP contribution < -0.4 is 4.74 Å². The molecule has 0 spiro atoms. The van der Waals surface area contributed by atoms with Gasteiger partial charge in [-0.3, -0.25) is 4.79 Å². The molecule has 2 aromatic rings. The fraction of sp³-hybridized carbons (Fsp3) is 0.154. The standard InChI is InChI=1S/C13H12O2S2/c1-15-11-4-2-10(3-5-11)13(14)9-17-12-6-7-16-8-12/h2-8H,9H2,1H3. The molecule has 0 fully saturated rings. The fourth-order valence-corrected chi connectivity index (χ4v) is 3.01. The number of Topliss-reactive ketones (excluding diaryl/α,β-unsaturated/α-hetero) is 1. The number of rotatable bonds is 5. The first-order chi connectivity index (χ1) is 8.29. The topological polar surface area (TPSA) is 26.3 Å². The summed E-state index contributed by atoms with van der Waals surface area (Å²) in [5, 5.41) is 4.06. The summed E-state index contributed by atoms with van der Waals surface area (Å²) >= 11 is 3.21. The van der Waals surface area contributed by atoms with E-state index in [9.17, 15) is 4.79 Å². The van der Waals surface area contributed by atoms with Gasteiger partial charge in [0.1, 0.15) is 5.75 Å². The van der Waals surface area contributed by atoms with Crippen LogP contribution in [0.3, 0.4) is 0 Å². The van der Waals surface area contributed by atoms with E-state index in [1.165, 1.54) is 0 Å². The third-order valence-electron chi connectivity index (χ3n) is 2.28. The van der Waals surface area contributed by atoms with Gasteiger partial charge in [0.25, 0.3) is 0 Å². The summed E-state index contributed by atoms with van der Waals surface area (Å²) in [6.45, 7) is 0. The first-order valence-electron chi connectivity index (χ1n) is 5.12. The van der Waals surface area contributed by atoms with Crippen molar-refractivity contribution < 1.29 is 9.53 Å². The molecule has 2 nitrogen and oxygen atoms in total. The van der Waals surface area contributed by atoms with Crippen LogP contribution in [0.4, 0.5) is 0 Å². The number of benzene rings is 1. The first kappa shape index (κ1) is 12.2. The summed E-state index contributed by atoms with van der Waals surface area (Å²) in [4.78, 5) is 13.0. The maximum Gasteiger partial charge on any atom is 0.173 e. The van der Waals surface area contributed by atoms with Crippen LogP contribution in [0, 0.1) is 0 Å². The van der Waals surface area contributed by atoms with Crippen LogP contribution in [-0.4, -0.2) is 18.6 Å². The Morgan fingerprint density at radius 2 is 2.06 bits per heavy atom. The molecule has 0 N–H and O–H groups in total. The highest BCUT2D eigenvalue weighted by Gasteiger charge is 2.06. The number of carbonyl (C=O) groups is 1. The molecule has 0 aliphatic heterocycles. The summed E-state index contributed by atoms with van der Waals surface area (Å²) < 4.78 is 5.05. The van der Waals surface area contributed by atoms with Gasteiger partial charge in [0.2, 0.25) is 0 Å². The lowest BCUT2D eigenvalue weighted by Gasteiger charge is -2.02. The van der Waals surface area contributed by atoms with Gasteiger partial charge < -0.3 is 4.74 Å². The average molecular weight is 264 g/mol. The molecule has 2 rings (SSSR count). The van der Waals surface area contributed by atoms with Crippen LogP contribution in [0.15, 0.2) is 46.0 Å². The Labute approximate surface area is 109 Å². The van der Waals surface area contributed by atoms with E-state index in [4.69, 9.17) is 4.74 Å². The Hall–Kier alpha value is -1.26. The third kappa shape index (κ3) is 3.35. The van der Waals surface area contributed by atoms with Crippen molar-refractivity contribution in [2.75, 3.05) is 12.9 Å². The van der Waals surface area contributed by atoms with E-state index in [-0.39, 0.29) is 5.78 Å². The minimum absolute atomic E-state index is 0.142. The van der Waals surface area contributed by atoms with Crippen molar-refractivity contribution in [3.63, 3.8) is 0 Å². The molecule has 1 aromatic carbocycles. The monoisotopic (exact) mass is 264 g/mol. The molecule has 1 heterocycles. The first-order valence-corrected chi connectivity index (χ1v) is 7.04. The van der Waals surface area contributed by atoms with Crippen molar-refractivity contribution >= 4 is 28.9 Å². The van der Waals surface area contributed by atoms with Crippen LogP contribution in [0.5, 0.6) is 5.75 Å². The predicted molar refractivity (Wildman–Crippen MR) is 72.4 cm³/mol. The van der Waals surface area contributed by atoms with Gasteiger partial charge in [0.05, 0.1) is 12.9 Å². The number of thioether (sulfide) groups is 1. The molecule has 0 amide bonds. The van der Waals surface area contributed by atoms with E-state index in [0.717, 1.165) is 16.2 Å². The molecule has 0 atom stereocenters. The van der Waals surface area contributed by atoms with Crippen LogP contribution >= 0.6 is 23.1 Å². The zero-order chi connectivity index (χ0) is 12.1. The number of thiophene rings is 1. The Kier molecular flexibility index (Phi) is 4.23. The molecule has 17 heavy (non-hydrogen) atoms. The van der Waals surface area contributed by atoms with Crippen LogP contribution in [0.25, 0.3) is 0 Å². The molecular formula is C13H12O2S2. The number of hydrogen-bond donors (Lipinski definition) is 0. The highest BCUT2D eigenvalue weighted by atomic mass is 32.2. The molecule has 4 heteroatoms. The Morgan fingerprint density at radius 1 is 1.29 bits per heavy atom. The van der Waals surface area contributed by atoms with E-state index in [1.807, 2.05) is 29.0 Å². The largest absolute Gasteiger partial charge is 0.497 e. The van der Waals surface area contributed by atoms with Crippen molar-refractivity contribution in [3.8, 4) is 5.75 Å². The summed E-state index contributed by atoms with van der Waals surface area (Å²) in [7, 11) is 1.61. The van der Waals surface area contributed by atoms with E-state index in [2.05, 4.69) is 0 Å². The smallest absolute Gasteiger partial charge is 0.173 e. The molecule has 0 unspecified atom stereocenters.